The van der Waals surface area contributed by atoms with Gasteiger partial charge in [0.15, 0.2) is 6.30 Å². The predicted molar refractivity (Wildman–Crippen MR) is 129 cm³/mol. The molecule has 1 fully saturated rings. The smallest absolute Gasteiger partial charge is 0.263 e. The van der Waals surface area contributed by atoms with Crippen LogP contribution in [0.3, 0.4) is 0 Å². The minimum Gasteiger partial charge on any atom is -0.377 e. The molecule has 0 spiro atoms. The van der Waals surface area contributed by atoms with Gasteiger partial charge in [0.2, 0.25) is 0 Å². The van der Waals surface area contributed by atoms with Crippen LogP contribution < -0.4 is 10.5 Å². The summed E-state index contributed by atoms with van der Waals surface area (Å²) in [5.41, 5.74) is 1.15. The average molecular weight is 501 g/mol. The Kier molecular flexibility index (Phi) is 6.02. The van der Waals surface area contributed by atoms with Crippen LogP contribution in [0.1, 0.15) is 30.6 Å². The van der Waals surface area contributed by atoms with Crippen LogP contribution in [0.25, 0.3) is 22.2 Å². The second-order valence-corrected chi connectivity index (χ2v) is 8.92. The molecule has 8 nitrogen and oxygen atoms in total. The number of pyridine rings is 1. The fraction of sp³-hybridized carbons (Fsp3) is 0.333. The molecule has 0 amide bonds. The fourth-order valence-electron chi connectivity index (χ4n) is 4.28. The first-order valence-electron chi connectivity index (χ1n) is 11.1. The van der Waals surface area contributed by atoms with Crippen molar-refractivity contribution in [2.24, 2.45) is 7.05 Å². The van der Waals surface area contributed by atoms with E-state index in [1.54, 1.807) is 38.5 Å². The molecule has 1 aromatic carbocycles. The molecule has 3 aromatic heterocycles. The first-order valence-corrected chi connectivity index (χ1v) is 11.5. The summed E-state index contributed by atoms with van der Waals surface area (Å²) < 4.78 is 37.2. The lowest BCUT2D eigenvalue weighted by Crippen LogP contribution is -2.40. The third-order valence-corrected chi connectivity index (χ3v) is 6.49. The highest BCUT2D eigenvalue weighted by atomic mass is 35.5. The number of anilines is 1. The third kappa shape index (κ3) is 4.17. The first kappa shape index (κ1) is 23.4. The van der Waals surface area contributed by atoms with Gasteiger partial charge in [-0.15, -0.1) is 0 Å². The quantitative estimate of drug-likeness (QED) is 0.414. The van der Waals surface area contributed by atoms with Gasteiger partial charge in [-0.2, -0.15) is 5.10 Å². The predicted octanol–water partition coefficient (Wildman–Crippen LogP) is 4.36. The molecule has 1 unspecified atom stereocenters. The van der Waals surface area contributed by atoms with Crippen molar-refractivity contribution < 1.29 is 13.5 Å². The lowest BCUT2D eigenvalue weighted by Gasteiger charge is -2.36. The van der Waals surface area contributed by atoms with Crippen LogP contribution in [-0.4, -0.2) is 44.1 Å². The van der Waals surface area contributed by atoms with Crippen molar-refractivity contribution in [3.05, 3.63) is 69.2 Å². The van der Waals surface area contributed by atoms with Gasteiger partial charge >= 0.3 is 0 Å². The summed E-state index contributed by atoms with van der Waals surface area (Å²) >= 11 is 5.97. The second kappa shape index (κ2) is 9.01. The highest BCUT2D eigenvalue weighted by Gasteiger charge is 2.29. The molecule has 1 saturated heterocycles. The molecule has 2 atom stereocenters. The number of morpholine rings is 1. The number of hydrogen-bond acceptors (Lipinski definition) is 6. The van der Waals surface area contributed by atoms with Crippen molar-refractivity contribution in [3.63, 3.8) is 0 Å². The molecule has 182 valence electrons. The molecule has 0 saturated carbocycles. The molecule has 4 aromatic rings. The Balaban J connectivity index is 1.73. The SMILES string of the molecule is Cc1nc2cc(N3CCOCC3c3cnn([C@@H](C)F)c3)nc(-c3ccc(Cl)cc3F)c2c(=O)n1C. The minimum atomic E-state index is -1.27. The number of hydrogen-bond donors (Lipinski definition) is 0. The van der Waals surface area contributed by atoms with Crippen LogP contribution in [0.5, 0.6) is 0 Å². The number of alkyl halides is 1. The van der Waals surface area contributed by atoms with Gasteiger partial charge in [-0.05, 0) is 32.0 Å². The zero-order valence-corrected chi connectivity index (χ0v) is 20.1. The van der Waals surface area contributed by atoms with Gasteiger partial charge in [0.05, 0.1) is 42.0 Å². The molecule has 0 aliphatic carbocycles. The lowest BCUT2D eigenvalue weighted by molar-refractivity contribution is 0.0936. The minimum absolute atomic E-state index is 0.146. The van der Waals surface area contributed by atoms with E-state index in [2.05, 4.69) is 10.1 Å². The van der Waals surface area contributed by atoms with Crippen molar-refractivity contribution in [3.8, 4) is 11.3 Å². The monoisotopic (exact) mass is 500 g/mol. The molecular weight excluding hydrogens is 478 g/mol. The van der Waals surface area contributed by atoms with Crippen molar-refractivity contribution in [1.82, 2.24) is 24.3 Å². The number of benzene rings is 1. The second-order valence-electron chi connectivity index (χ2n) is 8.48. The number of aryl methyl sites for hydroxylation is 1. The normalized spacial score (nSPS) is 17.2. The maximum atomic E-state index is 15.0. The molecule has 4 heterocycles. The first-order chi connectivity index (χ1) is 16.7. The van der Waals surface area contributed by atoms with Gasteiger partial charge in [-0.3, -0.25) is 9.36 Å². The topological polar surface area (TPSA) is 78.1 Å². The Labute approximate surface area is 204 Å². The maximum absolute atomic E-state index is 15.0. The van der Waals surface area contributed by atoms with E-state index >= 15 is 4.39 Å². The van der Waals surface area contributed by atoms with Gasteiger partial charge in [0.25, 0.3) is 5.56 Å². The lowest BCUT2D eigenvalue weighted by atomic mass is 10.1. The molecule has 0 N–H and O–H groups in total. The van der Waals surface area contributed by atoms with E-state index in [1.165, 1.54) is 28.3 Å². The highest BCUT2D eigenvalue weighted by Crippen LogP contribution is 2.35. The van der Waals surface area contributed by atoms with Crippen LogP contribution in [0.15, 0.2) is 41.5 Å². The Morgan fingerprint density at radius 1 is 1.26 bits per heavy atom. The number of aromatic nitrogens is 5. The fourth-order valence-corrected chi connectivity index (χ4v) is 4.44. The number of rotatable bonds is 4. The maximum Gasteiger partial charge on any atom is 0.263 e. The van der Waals surface area contributed by atoms with Crippen LogP contribution in [0.2, 0.25) is 5.02 Å². The number of halogens is 3. The largest absolute Gasteiger partial charge is 0.377 e. The Hall–Kier alpha value is -3.37. The molecule has 35 heavy (non-hydrogen) atoms. The third-order valence-electron chi connectivity index (χ3n) is 6.25. The summed E-state index contributed by atoms with van der Waals surface area (Å²) in [5.74, 6) is 0.415. The summed E-state index contributed by atoms with van der Waals surface area (Å²) in [6.45, 7) is 4.38. The van der Waals surface area contributed by atoms with Crippen molar-refractivity contribution in [1.29, 1.82) is 0 Å². The molecule has 0 radical (unpaired) electrons. The molecular formula is C24H23ClF2N6O2. The van der Waals surface area contributed by atoms with Crippen LogP contribution in [-0.2, 0) is 11.8 Å². The van der Waals surface area contributed by atoms with Crippen molar-refractivity contribution in [2.45, 2.75) is 26.2 Å². The Morgan fingerprint density at radius 2 is 2.06 bits per heavy atom. The summed E-state index contributed by atoms with van der Waals surface area (Å²) in [6, 6.07) is 5.66. The van der Waals surface area contributed by atoms with Gasteiger partial charge in [-0.25, -0.2) is 23.4 Å². The summed E-state index contributed by atoms with van der Waals surface area (Å²) in [5, 5.41) is 4.56. The standard InChI is InChI=1S/C24H23ClF2N6O2/c1-13(26)33-11-15(10-28-33)20-12-35-7-6-32(20)21-9-19-22(24(34)31(3)14(2)29-19)23(30-21)17-5-4-16(25)8-18(17)27/h4-5,8-11,13,20H,6-7,12H2,1-3H3/t13-,20?/m0/s1. The number of fused-ring (bicyclic) bond motifs is 1. The zero-order chi connectivity index (χ0) is 24.9. The Morgan fingerprint density at radius 3 is 2.77 bits per heavy atom. The van der Waals surface area contributed by atoms with Gasteiger partial charge in [0.1, 0.15) is 17.5 Å². The van der Waals surface area contributed by atoms with E-state index < -0.39 is 12.1 Å². The van der Waals surface area contributed by atoms with E-state index in [9.17, 15) is 9.18 Å². The van der Waals surface area contributed by atoms with Gasteiger partial charge in [0, 0.05) is 42.0 Å². The molecule has 1 aliphatic rings. The van der Waals surface area contributed by atoms with Gasteiger partial charge < -0.3 is 9.64 Å². The van der Waals surface area contributed by atoms with Crippen LogP contribution in [0.4, 0.5) is 14.6 Å². The summed E-state index contributed by atoms with van der Waals surface area (Å²) in [7, 11) is 1.61. The van der Waals surface area contributed by atoms with E-state index in [0.717, 1.165) is 5.56 Å². The Bertz CT molecular complexity index is 1490. The van der Waals surface area contributed by atoms with Gasteiger partial charge in [-0.1, -0.05) is 11.6 Å². The van der Waals surface area contributed by atoms with E-state index in [4.69, 9.17) is 21.3 Å². The van der Waals surface area contributed by atoms with E-state index in [-0.39, 0.29) is 33.3 Å². The number of nitrogens with zero attached hydrogens (tertiary/aromatic N) is 6. The summed E-state index contributed by atoms with van der Waals surface area (Å²) in [4.78, 5) is 24.6. The summed E-state index contributed by atoms with van der Waals surface area (Å²) in [6.07, 6.45) is 1.96. The van der Waals surface area contributed by atoms with Crippen molar-refractivity contribution in [2.75, 3.05) is 24.7 Å². The van der Waals surface area contributed by atoms with Crippen LogP contribution >= 0.6 is 11.6 Å². The van der Waals surface area contributed by atoms with E-state index in [0.29, 0.717) is 36.9 Å². The molecule has 0 bridgehead atoms. The van der Waals surface area contributed by atoms with E-state index in [1.807, 2.05) is 4.90 Å². The average Bonchev–Trinajstić information content (AvgIpc) is 3.33. The molecule has 1 aliphatic heterocycles. The van der Waals surface area contributed by atoms with Crippen LogP contribution in [0, 0.1) is 12.7 Å². The highest BCUT2D eigenvalue weighted by molar-refractivity contribution is 6.30. The molecule has 11 heteroatoms. The number of ether oxygens (including phenoxy) is 1. The van der Waals surface area contributed by atoms with Crippen molar-refractivity contribution >= 4 is 28.3 Å². The zero-order valence-electron chi connectivity index (χ0n) is 19.4. The molecule has 5 rings (SSSR count).